The molecule has 13 nitrogen and oxygen atoms in total. The third kappa shape index (κ3) is 10.0. The van der Waals surface area contributed by atoms with E-state index in [0.717, 1.165) is 42.7 Å². The summed E-state index contributed by atoms with van der Waals surface area (Å²) < 4.78 is 17.8. The van der Waals surface area contributed by atoms with E-state index in [2.05, 4.69) is 22.5 Å². The van der Waals surface area contributed by atoms with Crippen LogP contribution in [0.15, 0.2) is 66.9 Å². The number of rotatable bonds is 15. The number of hydrogen-bond donors (Lipinski definition) is 3. The molecular formula is C34H41N7O6. The van der Waals surface area contributed by atoms with Gasteiger partial charge in [0, 0.05) is 37.1 Å². The lowest BCUT2D eigenvalue weighted by Gasteiger charge is -2.20. The summed E-state index contributed by atoms with van der Waals surface area (Å²) in [6, 6.07) is 17.4. The Labute approximate surface area is 273 Å². The maximum Gasteiger partial charge on any atom is 0.420 e. The lowest BCUT2D eigenvalue weighted by molar-refractivity contribution is -0.142. The molecule has 0 aliphatic carbocycles. The number of ether oxygens (including phenoxy) is 3. The Morgan fingerprint density at radius 1 is 0.979 bits per heavy atom. The number of esters is 1. The van der Waals surface area contributed by atoms with Crippen molar-refractivity contribution >= 4 is 46.5 Å². The average Bonchev–Trinajstić information content (AvgIpc) is 3.38. The largest absolute Gasteiger partial charge is 0.466 e. The number of amidine groups is 1. The highest BCUT2D eigenvalue weighted by atomic mass is 16.6. The molecule has 13 heteroatoms. The predicted octanol–water partition coefficient (Wildman–Crippen LogP) is 6.17. The van der Waals surface area contributed by atoms with Crippen molar-refractivity contribution in [3.05, 3.63) is 78.2 Å². The minimum absolute atomic E-state index is 0.00875. The Morgan fingerprint density at radius 3 is 2.51 bits per heavy atom. The summed E-state index contributed by atoms with van der Waals surface area (Å²) in [4.78, 5) is 47.4. The van der Waals surface area contributed by atoms with Crippen LogP contribution >= 0.6 is 0 Å². The van der Waals surface area contributed by atoms with Crippen LogP contribution in [0.3, 0.4) is 0 Å². The molecule has 4 rings (SSSR count). The van der Waals surface area contributed by atoms with Crippen LogP contribution in [-0.2, 0) is 27.9 Å². The second kappa shape index (κ2) is 17.3. The molecular weight excluding hydrogens is 602 g/mol. The molecule has 2 aromatic heterocycles. The van der Waals surface area contributed by atoms with Crippen molar-refractivity contribution in [2.45, 2.75) is 52.5 Å². The summed E-state index contributed by atoms with van der Waals surface area (Å²) in [5.74, 6) is 0.933. The van der Waals surface area contributed by atoms with E-state index in [1.165, 1.54) is 4.90 Å². The summed E-state index contributed by atoms with van der Waals surface area (Å²) in [5, 5.41) is 14.0. The van der Waals surface area contributed by atoms with Crippen molar-refractivity contribution in [3.8, 4) is 5.75 Å². The number of benzene rings is 2. The monoisotopic (exact) mass is 643 g/mol. The van der Waals surface area contributed by atoms with Gasteiger partial charge in [0.15, 0.2) is 0 Å². The van der Waals surface area contributed by atoms with Crippen LogP contribution in [0.1, 0.15) is 57.3 Å². The van der Waals surface area contributed by atoms with Gasteiger partial charge in [-0.15, -0.1) is 0 Å². The minimum atomic E-state index is -0.684. The van der Waals surface area contributed by atoms with Crippen molar-refractivity contribution in [3.63, 3.8) is 0 Å². The lowest BCUT2D eigenvalue weighted by Crippen LogP contribution is -2.36. The molecule has 0 aliphatic rings. The molecule has 0 saturated carbocycles. The molecule has 3 N–H and O–H groups in total. The number of amides is 2. The number of unbranched alkanes of at least 4 members (excludes halogenated alkanes) is 3. The van der Waals surface area contributed by atoms with Gasteiger partial charge in [-0.2, -0.15) is 0 Å². The fourth-order valence-corrected chi connectivity index (χ4v) is 4.70. The molecule has 0 aliphatic heterocycles. The number of nitrogens with zero attached hydrogens (tertiary/aromatic N) is 4. The SMILES string of the molecule is CCCCCCOC(=O)NC(=N)c1ccc(NCc2nc3cc(OC(=O)N(CCC(=O)OCC)c4ccccn4)ccc3n2C)cc1. The molecule has 0 bridgehead atoms. The Hall–Kier alpha value is -5.46. The Balaban J connectivity index is 1.34. The van der Waals surface area contributed by atoms with E-state index in [4.69, 9.17) is 24.6 Å². The molecule has 0 unspecified atom stereocenters. The predicted molar refractivity (Wildman–Crippen MR) is 179 cm³/mol. The van der Waals surface area contributed by atoms with Crippen LogP contribution in [0.2, 0.25) is 0 Å². The van der Waals surface area contributed by atoms with Crippen molar-refractivity contribution in [2.75, 3.05) is 30.0 Å². The van der Waals surface area contributed by atoms with Crippen molar-refractivity contribution < 1.29 is 28.6 Å². The summed E-state index contributed by atoms with van der Waals surface area (Å²) in [6.07, 6.45) is 4.25. The number of carbonyl (C=O) groups excluding carboxylic acids is 3. The van der Waals surface area contributed by atoms with Gasteiger partial charge < -0.3 is 24.1 Å². The number of imidazole rings is 1. The maximum atomic E-state index is 13.2. The van der Waals surface area contributed by atoms with Crippen LogP contribution < -0.4 is 20.3 Å². The first-order chi connectivity index (χ1) is 22.8. The van der Waals surface area contributed by atoms with Gasteiger partial charge in [0.1, 0.15) is 23.2 Å². The molecule has 0 fully saturated rings. The fourth-order valence-electron chi connectivity index (χ4n) is 4.70. The maximum absolute atomic E-state index is 13.2. The van der Waals surface area contributed by atoms with E-state index in [9.17, 15) is 14.4 Å². The normalized spacial score (nSPS) is 10.7. The zero-order valence-corrected chi connectivity index (χ0v) is 27.0. The molecule has 2 amide bonds. The molecule has 0 atom stereocenters. The van der Waals surface area contributed by atoms with Crippen LogP contribution in [0.4, 0.5) is 21.1 Å². The van der Waals surface area contributed by atoms with E-state index < -0.39 is 18.2 Å². The van der Waals surface area contributed by atoms with Gasteiger partial charge in [-0.1, -0.05) is 32.3 Å². The number of aromatic nitrogens is 3. The van der Waals surface area contributed by atoms with Gasteiger partial charge in [-0.3, -0.25) is 20.4 Å². The molecule has 0 spiro atoms. The Morgan fingerprint density at radius 2 is 1.79 bits per heavy atom. The average molecular weight is 644 g/mol. The van der Waals surface area contributed by atoms with E-state index in [1.807, 2.05) is 29.8 Å². The summed E-state index contributed by atoms with van der Waals surface area (Å²) in [6.45, 7) is 4.87. The number of pyridine rings is 1. The molecule has 2 heterocycles. The molecule has 248 valence electrons. The second-order valence-electron chi connectivity index (χ2n) is 10.6. The van der Waals surface area contributed by atoms with Gasteiger partial charge in [0.25, 0.3) is 0 Å². The third-order valence-electron chi connectivity index (χ3n) is 7.22. The number of hydrogen-bond acceptors (Lipinski definition) is 10. The molecule has 4 aromatic rings. The summed E-state index contributed by atoms with van der Waals surface area (Å²) in [7, 11) is 1.90. The van der Waals surface area contributed by atoms with Crippen LogP contribution in [0.5, 0.6) is 5.75 Å². The Bertz CT molecular complexity index is 1660. The fraction of sp³-hybridized carbons (Fsp3) is 0.353. The van der Waals surface area contributed by atoms with E-state index in [-0.39, 0.29) is 25.4 Å². The molecule has 0 saturated heterocycles. The molecule has 2 aromatic carbocycles. The highest BCUT2D eigenvalue weighted by molar-refractivity contribution is 6.04. The first-order valence-electron chi connectivity index (χ1n) is 15.7. The van der Waals surface area contributed by atoms with E-state index in [1.54, 1.807) is 55.6 Å². The topological polar surface area (TPSA) is 161 Å². The van der Waals surface area contributed by atoms with E-state index >= 15 is 0 Å². The van der Waals surface area contributed by atoms with Crippen molar-refractivity contribution in [1.82, 2.24) is 19.9 Å². The highest BCUT2D eigenvalue weighted by Crippen LogP contribution is 2.23. The zero-order chi connectivity index (χ0) is 33.6. The van der Waals surface area contributed by atoms with Gasteiger partial charge in [0.05, 0.1) is 37.2 Å². The lowest BCUT2D eigenvalue weighted by atomic mass is 10.2. The quantitative estimate of drug-likeness (QED) is 0.0595. The first kappa shape index (κ1) is 34.4. The van der Waals surface area contributed by atoms with Gasteiger partial charge >= 0.3 is 18.2 Å². The summed E-state index contributed by atoms with van der Waals surface area (Å²) >= 11 is 0. The van der Waals surface area contributed by atoms with Gasteiger partial charge in [0.2, 0.25) is 0 Å². The molecule has 0 radical (unpaired) electrons. The van der Waals surface area contributed by atoms with Gasteiger partial charge in [-0.05, 0) is 61.9 Å². The standard InChI is InChI=1S/C34H41N7O6/c1-4-6-7-10-21-46-33(43)39-32(35)24-12-14-25(15-13-24)37-23-30-38-27-22-26(16-17-28(27)40(30)3)47-34(44)41(20-18-31(42)45-5-2)29-11-8-9-19-36-29/h8-9,11-17,19,22,37H,4-7,10,18,20-21,23H2,1-3H3,(H2,35,39,43). The first-order valence-corrected chi connectivity index (χ1v) is 15.7. The van der Waals surface area contributed by atoms with E-state index in [0.29, 0.717) is 35.8 Å². The van der Waals surface area contributed by atoms with Crippen molar-refractivity contribution in [2.24, 2.45) is 7.05 Å². The number of carbonyl (C=O) groups is 3. The Kier molecular flexibility index (Phi) is 12.7. The van der Waals surface area contributed by atoms with Gasteiger partial charge in [-0.25, -0.2) is 19.6 Å². The number of alkyl carbamates (subject to hydrolysis) is 1. The zero-order valence-electron chi connectivity index (χ0n) is 27.0. The van der Waals surface area contributed by atoms with Crippen LogP contribution in [0, 0.1) is 5.41 Å². The van der Waals surface area contributed by atoms with Crippen LogP contribution in [0.25, 0.3) is 11.0 Å². The molecule has 47 heavy (non-hydrogen) atoms. The highest BCUT2D eigenvalue weighted by Gasteiger charge is 2.21. The summed E-state index contributed by atoms with van der Waals surface area (Å²) in [5.41, 5.74) is 2.83. The van der Waals surface area contributed by atoms with Crippen molar-refractivity contribution in [1.29, 1.82) is 5.41 Å². The smallest absolute Gasteiger partial charge is 0.420 e. The number of nitrogens with one attached hydrogen (secondary N) is 3. The minimum Gasteiger partial charge on any atom is -0.466 e. The van der Waals surface area contributed by atoms with Crippen LogP contribution in [-0.4, -0.2) is 58.3 Å². The number of fused-ring (bicyclic) bond motifs is 1. The number of anilines is 2. The number of aryl methyl sites for hydroxylation is 1. The second-order valence-corrected chi connectivity index (χ2v) is 10.6. The third-order valence-corrected chi connectivity index (χ3v) is 7.22.